The van der Waals surface area contributed by atoms with Gasteiger partial charge >= 0.3 is 5.97 Å². The number of hydrogen-bond acceptors (Lipinski definition) is 3. The van der Waals surface area contributed by atoms with Crippen molar-refractivity contribution in [3.63, 3.8) is 0 Å². The van der Waals surface area contributed by atoms with E-state index >= 15 is 0 Å². The molecular weight excluding hydrogens is 220 g/mol. The first kappa shape index (κ1) is 14.3. The second-order valence-electron chi connectivity index (χ2n) is 3.43. The van der Waals surface area contributed by atoms with Gasteiger partial charge in [-0.1, -0.05) is 13.8 Å². The fourth-order valence-electron chi connectivity index (χ4n) is 0.839. The lowest BCUT2D eigenvalue weighted by Gasteiger charge is -2.17. The Morgan fingerprint density at radius 1 is 1.40 bits per heavy atom. The van der Waals surface area contributed by atoms with Crippen LogP contribution in [0.4, 0.5) is 0 Å². The Hall–Kier alpha value is -0.660. The van der Waals surface area contributed by atoms with E-state index < -0.39 is 28.1 Å². The minimum atomic E-state index is -3.58. The van der Waals surface area contributed by atoms with E-state index in [0.717, 1.165) is 0 Å². The predicted octanol–water partition coefficient (Wildman–Crippen LogP) is -0.0704. The summed E-state index contributed by atoms with van der Waals surface area (Å²) in [6.45, 7) is 5.15. The molecule has 0 bridgehead atoms. The Bertz CT molecular complexity index is 302. The van der Waals surface area contributed by atoms with E-state index in [1.54, 1.807) is 0 Å². The van der Waals surface area contributed by atoms with Crippen LogP contribution in [0.15, 0.2) is 0 Å². The molecule has 0 aromatic rings. The number of aliphatic carboxylic acids is 1. The maximum atomic E-state index is 11.3. The van der Waals surface area contributed by atoms with Gasteiger partial charge in [-0.05, 0) is 13.3 Å². The van der Waals surface area contributed by atoms with Crippen molar-refractivity contribution in [3.05, 3.63) is 0 Å². The molecule has 0 aliphatic carbocycles. The van der Waals surface area contributed by atoms with Gasteiger partial charge in [0.05, 0.1) is 5.92 Å². The number of hydrogen-bond donors (Lipinski definition) is 3. The van der Waals surface area contributed by atoms with Gasteiger partial charge in [0, 0.05) is 12.6 Å². The number of carboxylic acid groups (broad SMARTS) is 1. The SMILES string of the molecule is CCCNS(=O)(=O)NC(C)C(C)C(=O)O. The van der Waals surface area contributed by atoms with E-state index in [9.17, 15) is 13.2 Å². The van der Waals surface area contributed by atoms with Crippen LogP contribution >= 0.6 is 0 Å². The van der Waals surface area contributed by atoms with Crippen LogP contribution in [-0.4, -0.2) is 32.1 Å². The van der Waals surface area contributed by atoms with Crippen LogP contribution in [0.1, 0.15) is 27.2 Å². The van der Waals surface area contributed by atoms with E-state index in [-0.39, 0.29) is 0 Å². The zero-order valence-corrected chi connectivity index (χ0v) is 9.97. The number of nitrogens with one attached hydrogen (secondary N) is 2. The van der Waals surface area contributed by atoms with Gasteiger partial charge in [0.2, 0.25) is 0 Å². The molecule has 0 radical (unpaired) electrons. The summed E-state index contributed by atoms with van der Waals surface area (Å²) in [6, 6.07) is -0.642. The van der Waals surface area contributed by atoms with Crippen LogP contribution in [0, 0.1) is 5.92 Å². The summed E-state index contributed by atoms with van der Waals surface area (Å²) in [6.07, 6.45) is 0.684. The fourth-order valence-corrected chi connectivity index (χ4v) is 2.09. The van der Waals surface area contributed by atoms with Gasteiger partial charge in [0.1, 0.15) is 0 Å². The zero-order chi connectivity index (χ0) is 12.1. The van der Waals surface area contributed by atoms with Crippen LogP contribution < -0.4 is 9.44 Å². The molecule has 0 aliphatic heterocycles. The lowest BCUT2D eigenvalue weighted by Crippen LogP contribution is -2.45. The highest BCUT2D eigenvalue weighted by atomic mass is 32.2. The van der Waals surface area contributed by atoms with Gasteiger partial charge in [0.25, 0.3) is 10.2 Å². The second kappa shape index (κ2) is 6.04. The second-order valence-corrected chi connectivity index (χ2v) is 4.96. The predicted molar refractivity (Wildman–Crippen MR) is 56.6 cm³/mol. The van der Waals surface area contributed by atoms with Crippen molar-refractivity contribution in [2.24, 2.45) is 5.92 Å². The topological polar surface area (TPSA) is 95.5 Å². The minimum Gasteiger partial charge on any atom is -0.481 e. The maximum absolute atomic E-state index is 11.3. The monoisotopic (exact) mass is 238 g/mol. The van der Waals surface area contributed by atoms with Crippen LogP contribution in [0.5, 0.6) is 0 Å². The molecule has 3 N–H and O–H groups in total. The van der Waals surface area contributed by atoms with Crippen LogP contribution in [0.25, 0.3) is 0 Å². The lowest BCUT2D eigenvalue weighted by atomic mass is 10.1. The molecule has 0 spiro atoms. The molecule has 90 valence electrons. The van der Waals surface area contributed by atoms with Gasteiger partial charge in [0.15, 0.2) is 0 Å². The Morgan fingerprint density at radius 2 is 1.93 bits per heavy atom. The third-order valence-corrected chi connectivity index (χ3v) is 3.29. The molecule has 0 aromatic carbocycles. The summed E-state index contributed by atoms with van der Waals surface area (Å²) in [4.78, 5) is 10.6. The molecule has 0 saturated carbocycles. The number of carboxylic acids is 1. The normalized spacial score (nSPS) is 15.9. The van der Waals surface area contributed by atoms with E-state index in [0.29, 0.717) is 13.0 Å². The van der Waals surface area contributed by atoms with Crippen LogP contribution in [-0.2, 0) is 15.0 Å². The quantitative estimate of drug-likeness (QED) is 0.578. The Labute approximate surface area is 90.2 Å². The Balaban J connectivity index is 4.27. The molecule has 0 fully saturated rings. The molecule has 0 saturated heterocycles. The average molecular weight is 238 g/mol. The van der Waals surface area contributed by atoms with Crippen molar-refractivity contribution in [1.29, 1.82) is 0 Å². The highest BCUT2D eigenvalue weighted by Gasteiger charge is 2.23. The molecule has 2 atom stereocenters. The van der Waals surface area contributed by atoms with Crippen molar-refractivity contribution in [2.75, 3.05) is 6.54 Å². The minimum absolute atomic E-state index is 0.337. The first-order valence-electron chi connectivity index (χ1n) is 4.80. The number of rotatable bonds is 7. The van der Waals surface area contributed by atoms with Crippen molar-refractivity contribution in [1.82, 2.24) is 9.44 Å². The zero-order valence-electron chi connectivity index (χ0n) is 9.15. The van der Waals surface area contributed by atoms with Gasteiger partial charge < -0.3 is 5.11 Å². The first-order chi connectivity index (χ1) is 6.80. The van der Waals surface area contributed by atoms with Gasteiger partial charge in [-0.2, -0.15) is 13.1 Å². The molecule has 0 rings (SSSR count). The standard InChI is InChI=1S/C8H18N2O4S/c1-4-5-9-15(13,14)10-7(3)6(2)8(11)12/h6-7,9-10H,4-5H2,1-3H3,(H,11,12). The highest BCUT2D eigenvalue weighted by Crippen LogP contribution is 2.03. The van der Waals surface area contributed by atoms with Crippen LogP contribution in [0.2, 0.25) is 0 Å². The van der Waals surface area contributed by atoms with Gasteiger partial charge in [-0.25, -0.2) is 4.72 Å². The molecule has 2 unspecified atom stereocenters. The van der Waals surface area contributed by atoms with E-state index in [4.69, 9.17) is 5.11 Å². The third kappa shape index (κ3) is 5.71. The summed E-state index contributed by atoms with van der Waals surface area (Å²) < 4.78 is 27.2. The highest BCUT2D eigenvalue weighted by molar-refractivity contribution is 7.87. The third-order valence-electron chi connectivity index (χ3n) is 2.02. The lowest BCUT2D eigenvalue weighted by molar-refractivity contribution is -0.141. The van der Waals surface area contributed by atoms with Gasteiger partial charge in [-0.3, -0.25) is 4.79 Å². The van der Waals surface area contributed by atoms with Crippen molar-refractivity contribution < 1.29 is 18.3 Å². The average Bonchev–Trinajstić information content (AvgIpc) is 2.12. The summed E-state index contributed by atoms with van der Waals surface area (Å²) in [5.41, 5.74) is 0. The Kier molecular flexibility index (Phi) is 5.77. The number of carbonyl (C=O) groups is 1. The summed E-state index contributed by atoms with van der Waals surface area (Å²) in [5, 5.41) is 8.67. The van der Waals surface area contributed by atoms with Crippen molar-refractivity contribution in [2.45, 2.75) is 33.2 Å². The van der Waals surface area contributed by atoms with Crippen LogP contribution in [0.3, 0.4) is 0 Å². The summed E-state index contributed by atoms with van der Waals surface area (Å²) in [7, 11) is -3.58. The molecule has 15 heavy (non-hydrogen) atoms. The molecule has 0 amide bonds. The largest absolute Gasteiger partial charge is 0.481 e. The van der Waals surface area contributed by atoms with Crippen molar-refractivity contribution >= 4 is 16.2 Å². The van der Waals surface area contributed by atoms with E-state index in [2.05, 4.69) is 9.44 Å². The molecule has 0 heterocycles. The maximum Gasteiger partial charge on any atom is 0.307 e. The van der Waals surface area contributed by atoms with E-state index in [1.807, 2.05) is 6.92 Å². The first-order valence-corrected chi connectivity index (χ1v) is 6.28. The summed E-state index contributed by atoms with van der Waals surface area (Å²) in [5.74, 6) is -1.79. The molecule has 6 nitrogen and oxygen atoms in total. The molecule has 7 heteroatoms. The smallest absolute Gasteiger partial charge is 0.307 e. The molecule has 0 aromatic heterocycles. The summed E-state index contributed by atoms with van der Waals surface area (Å²) >= 11 is 0. The van der Waals surface area contributed by atoms with Crippen molar-refractivity contribution in [3.8, 4) is 0 Å². The fraction of sp³-hybridized carbons (Fsp3) is 0.875. The Morgan fingerprint density at radius 3 is 2.33 bits per heavy atom. The molecule has 0 aliphatic rings. The van der Waals surface area contributed by atoms with E-state index in [1.165, 1.54) is 13.8 Å². The molecular formula is C8H18N2O4S. The van der Waals surface area contributed by atoms with Gasteiger partial charge in [-0.15, -0.1) is 0 Å².